The van der Waals surface area contributed by atoms with Crippen LogP contribution in [0.25, 0.3) is 0 Å². The van der Waals surface area contributed by atoms with Crippen LogP contribution in [0, 0.1) is 5.41 Å². The minimum Gasteiger partial charge on any atom is -0.368 e. The summed E-state index contributed by atoms with van der Waals surface area (Å²) >= 11 is 0. The first-order valence-corrected chi connectivity index (χ1v) is 14.1. The smallest absolute Gasteiger partial charge is 0.176 e. The highest BCUT2D eigenvalue weighted by Crippen LogP contribution is 2.95. The zero-order valence-corrected chi connectivity index (χ0v) is 22.9. The van der Waals surface area contributed by atoms with Crippen LogP contribution in [0.2, 0.25) is 0 Å². The summed E-state index contributed by atoms with van der Waals surface area (Å²) in [5, 5.41) is 0. The molecule has 0 aromatic heterocycles. The van der Waals surface area contributed by atoms with Crippen LogP contribution in [0.1, 0.15) is 53.3 Å². The molecular formula is C38H26O4. The van der Waals surface area contributed by atoms with Gasteiger partial charge in [0.2, 0.25) is 0 Å². The van der Waals surface area contributed by atoms with E-state index in [1.807, 2.05) is 103 Å². The molecule has 1 saturated carbocycles. The fraction of sp³-hybridized carbons (Fsp3) is 0.132. The number of hydrogen-bond acceptors (Lipinski definition) is 4. The van der Waals surface area contributed by atoms with Crippen LogP contribution < -0.4 is 0 Å². The second-order valence-corrected chi connectivity index (χ2v) is 11.3. The van der Waals surface area contributed by atoms with Crippen LogP contribution in [0.4, 0.5) is 0 Å². The van der Waals surface area contributed by atoms with Gasteiger partial charge in [-0.05, 0) is 22.3 Å². The van der Waals surface area contributed by atoms with E-state index in [9.17, 15) is 0 Å². The van der Waals surface area contributed by atoms with Gasteiger partial charge in [-0.1, -0.05) is 140 Å². The van der Waals surface area contributed by atoms with Gasteiger partial charge in [0, 0.05) is 23.8 Å². The summed E-state index contributed by atoms with van der Waals surface area (Å²) in [6.45, 7) is 0. The van der Waals surface area contributed by atoms with Crippen molar-refractivity contribution in [3.8, 4) is 0 Å². The standard InChI is InChI=1S/C38H26O4/c1-42-37-30-23-13-11-21-28(30)35(32(39)25-15-5-2-6-16-25)36(29-22-12-14-24-31(29)37,33(40)26-17-7-3-8-18-26)38(35,37)34(41)27-19-9-4-10-20-27/h2-24H,1H3. The molecule has 5 aromatic rings. The van der Waals surface area contributed by atoms with Crippen molar-refractivity contribution in [2.45, 2.75) is 16.4 Å². The average Bonchev–Trinajstić information content (AvgIpc) is 3.49. The summed E-state index contributed by atoms with van der Waals surface area (Å²) in [5.41, 5.74) is -1.87. The van der Waals surface area contributed by atoms with E-state index in [-0.39, 0.29) is 17.3 Å². The highest BCUT2D eigenvalue weighted by Gasteiger charge is 3.07. The third-order valence-electron chi connectivity index (χ3n) is 10.0. The maximum absolute atomic E-state index is 15.5. The summed E-state index contributed by atoms with van der Waals surface area (Å²) < 4.78 is 6.64. The van der Waals surface area contributed by atoms with Gasteiger partial charge in [0.15, 0.2) is 17.3 Å². The largest absolute Gasteiger partial charge is 0.368 e. The molecule has 0 aliphatic heterocycles. The minimum absolute atomic E-state index is 0.252. The first kappa shape index (κ1) is 24.8. The van der Waals surface area contributed by atoms with Crippen molar-refractivity contribution in [2.24, 2.45) is 5.41 Å². The van der Waals surface area contributed by atoms with E-state index in [0.29, 0.717) is 27.8 Å². The van der Waals surface area contributed by atoms with Crippen LogP contribution in [0.3, 0.4) is 0 Å². The van der Waals surface area contributed by atoms with Gasteiger partial charge in [0.05, 0.1) is 10.8 Å². The fourth-order valence-electron chi connectivity index (χ4n) is 8.90. The van der Waals surface area contributed by atoms with Crippen LogP contribution in [0.15, 0.2) is 140 Å². The molecular weight excluding hydrogens is 520 g/mol. The molecule has 2 unspecified atom stereocenters. The molecule has 3 aliphatic rings. The number of benzene rings is 5. The van der Waals surface area contributed by atoms with Crippen LogP contribution in [0.5, 0.6) is 0 Å². The number of fused-ring (bicyclic) bond motifs is 7. The van der Waals surface area contributed by atoms with E-state index < -0.39 is 21.8 Å². The molecule has 0 radical (unpaired) electrons. The Kier molecular flexibility index (Phi) is 4.91. The zero-order valence-electron chi connectivity index (χ0n) is 22.9. The number of ketones is 3. The molecule has 42 heavy (non-hydrogen) atoms. The Hall–Kier alpha value is -4.93. The maximum atomic E-state index is 15.5. The normalized spacial score (nSPS) is 27.5. The molecule has 4 nitrogen and oxygen atoms in total. The Morgan fingerprint density at radius 1 is 0.429 bits per heavy atom. The van der Waals surface area contributed by atoms with Crippen LogP contribution >= 0.6 is 0 Å². The van der Waals surface area contributed by atoms with Crippen molar-refractivity contribution in [3.63, 3.8) is 0 Å². The molecule has 0 heterocycles. The molecule has 202 valence electrons. The average molecular weight is 547 g/mol. The van der Waals surface area contributed by atoms with E-state index in [4.69, 9.17) is 4.74 Å². The molecule has 0 spiro atoms. The summed E-state index contributed by atoms with van der Waals surface area (Å²) in [7, 11) is 1.60. The van der Waals surface area contributed by atoms with E-state index in [1.165, 1.54) is 0 Å². The number of carbonyl (C=O) groups excluding carboxylic acids is 3. The van der Waals surface area contributed by atoms with Crippen molar-refractivity contribution in [1.29, 1.82) is 0 Å². The van der Waals surface area contributed by atoms with Crippen molar-refractivity contribution in [2.75, 3.05) is 7.11 Å². The summed E-state index contributed by atoms with van der Waals surface area (Å²) in [6.07, 6.45) is 0. The third-order valence-corrected chi connectivity index (χ3v) is 10.0. The second-order valence-electron chi connectivity index (χ2n) is 11.3. The number of carbonyl (C=O) groups is 3. The van der Waals surface area contributed by atoms with Gasteiger partial charge >= 0.3 is 0 Å². The first-order valence-electron chi connectivity index (χ1n) is 14.1. The van der Waals surface area contributed by atoms with E-state index in [2.05, 4.69) is 0 Å². The molecule has 0 saturated heterocycles. The van der Waals surface area contributed by atoms with Crippen molar-refractivity contribution in [1.82, 2.24) is 0 Å². The Labute approximate surface area is 243 Å². The van der Waals surface area contributed by atoms with Crippen LogP contribution in [-0.4, -0.2) is 24.5 Å². The van der Waals surface area contributed by atoms with Gasteiger partial charge < -0.3 is 4.74 Å². The summed E-state index contributed by atoms with van der Waals surface area (Å²) in [6, 6.07) is 42.4. The Bertz CT molecular complexity index is 1820. The molecule has 8 rings (SSSR count). The highest BCUT2D eigenvalue weighted by atomic mass is 16.5. The van der Waals surface area contributed by atoms with Crippen molar-refractivity contribution in [3.05, 3.63) is 178 Å². The predicted octanol–water partition coefficient (Wildman–Crippen LogP) is 6.73. The SMILES string of the molecule is COC12c3ccccc3C3(C(=O)c4ccccc4)C(C(=O)c4ccccc4)(c4ccccc41)C23C(=O)c1ccccc1. The predicted molar refractivity (Wildman–Crippen MR) is 159 cm³/mol. The van der Waals surface area contributed by atoms with Crippen molar-refractivity contribution < 1.29 is 19.1 Å². The number of rotatable bonds is 7. The number of Topliss-reactive ketones (excluding diaryl/α,β-unsaturated/α-hetero) is 3. The Balaban J connectivity index is 1.60. The zero-order chi connectivity index (χ0) is 28.7. The molecule has 4 heteroatoms. The van der Waals surface area contributed by atoms with E-state index in [1.54, 1.807) is 43.5 Å². The van der Waals surface area contributed by atoms with Gasteiger partial charge in [-0.15, -0.1) is 0 Å². The third kappa shape index (κ3) is 2.33. The summed E-state index contributed by atoms with van der Waals surface area (Å²) in [4.78, 5) is 46.2. The highest BCUT2D eigenvalue weighted by molar-refractivity contribution is 6.32. The number of ether oxygens (including phenoxy) is 1. The Morgan fingerprint density at radius 3 is 1.10 bits per heavy atom. The van der Waals surface area contributed by atoms with Gasteiger partial charge in [0.25, 0.3) is 0 Å². The lowest BCUT2D eigenvalue weighted by Gasteiger charge is -2.36. The van der Waals surface area contributed by atoms with Crippen LogP contribution in [-0.2, 0) is 21.2 Å². The molecule has 0 N–H and O–H groups in total. The molecule has 3 aliphatic carbocycles. The lowest BCUT2D eigenvalue weighted by atomic mass is 9.72. The first-order chi connectivity index (χ1) is 20.6. The van der Waals surface area contributed by atoms with Gasteiger partial charge in [0.1, 0.15) is 11.0 Å². The molecule has 0 bridgehead atoms. The Morgan fingerprint density at radius 2 is 0.738 bits per heavy atom. The quantitative estimate of drug-likeness (QED) is 0.213. The van der Waals surface area contributed by atoms with Gasteiger partial charge in [-0.25, -0.2) is 0 Å². The van der Waals surface area contributed by atoms with E-state index >= 15 is 14.4 Å². The number of methoxy groups -OCH3 is 1. The van der Waals surface area contributed by atoms with Gasteiger partial charge in [-0.2, -0.15) is 0 Å². The monoisotopic (exact) mass is 546 g/mol. The fourth-order valence-corrected chi connectivity index (χ4v) is 8.90. The second kappa shape index (κ2) is 8.31. The lowest BCUT2D eigenvalue weighted by molar-refractivity contribution is -0.0280. The molecule has 0 amide bonds. The lowest BCUT2D eigenvalue weighted by Crippen LogP contribution is -2.45. The molecule has 5 aromatic carbocycles. The minimum atomic E-state index is -1.60. The van der Waals surface area contributed by atoms with Gasteiger partial charge in [-0.3, -0.25) is 14.4 Å². The van der Waals surface area contributed by atoms with Crippen molar-refractivity contribution >= 4 is 17.3 Å². The summed E-state index contributed by atoms with van der Waals surface area (Å²) in [5.74, 6) is -0.777. The number of hydrogen-bond donors (Lipinski definition) is 0. The topological polar surface area (TPSA) is 60.4 Å². The molecule has 2 atom stereocenters. The molecule has 1 fully saturated rings. The maximum Gasteiger partial charge on any atom is 0.176 e. The van der Waals surface area contributed by atoms with E-state index in [0.717, 1.165) is 11.1 Å².